The second-order valence-electron chi connectivity index (χ2n) is 4.01. The lowest BCUT2D eigenvalue weighted by Gasteiger charge is -2.08. The zero-order valence-corrected chi connectivity index (χ0v) is 13.6. The third-order valence-electron chi connectivity index (χ3n) is 2.59. The summed E-state index contributed by atoms with van der Waals surface area (Å²) in [5, 5.41) is 14.0. The molecular formula is C14H13IN2O2S. The quantitative estimate of drug-likeness (QED) is 0.257. The summed E-state index contributed by atoms with van der Waals surface area (Å²) in [6, 6.07) is 15.1. The molecule has 0 atom stereocenters. The van der Waals surface area contributed by atoms with E-state index < -0.39 is 0 Å². The lowest BCUT2D eigenvalue weighted by atomic mass is 10.3. The Balaban J connectivity index is 1.84. The first-order chi connectivity index (χ1) is 9.66. The minimum atomic E-state index is -0.378. The maximum Gasteiger partial charge on any atom is 0.270 e. The van der Waals surface area contributed by atoms with Crippen LogP contribution in [0.15, 0.2) is 53.4 Å². The van der Waals surface area contributed by atoms with Gasteiger partial charge >= 0.3 is 0 Å². The van der Waals surface area contributed by atoms with Crippen LogP contribution >= 0.6 is 34.4 Å². The molecule has 0 bridgehead atoms. The molecule has 6 heteroatoms. The van der Waals surface area contributed by atoms with E-state index in [1.165, 1.54) is 11.0 Å². The maximum atomic E-state index is 10.7. The van der Waals surface area contributed by atoms with E-state index in [4.69, 9.17) is 0 Å². The number of nitro benzene ring substituents is 1. The van der Waals surface area contributed by atoms with Gasteiger partial charge in [-0.25, -0.2) is 0 Å². The number of hydrogen-bond acceptors (Lipinski definition) is 4. The Hall–Kier alpha value is -1.28. The first kappa shape index (κ1) is 15.1. The van der Waals surface area contributed by atoms with Crippen LogP contribution < -0.4 is 5.32 Å². The van der Waals surface area contributed by atoms with E-state index in [-0.39, 0.29) is 10.6 Å². The third kappa shape index (κ3) is 4.38. The molecule has 0 aromatic heterocycles. The summed E-state index contributed by atoms with van der Waals surface area (Å²) in [6.07, 6.45) is 0. The highest BCUT2D eigenvalue weighted by Crippen LogP contribution is 2.24. The average Bonchev–Trinajstić information content (AvgIpc) is 2.46. The van der Waals surface area contributed by atoms with Gasteiger partial charge in [0.25, 0.3) is 5.69 Å². The van der Waals surface area contributed by atoms with Crippen molar-refractivity contribution in [3.63, 3.8) is 0 Å². The summed E-state index contributed by atoms with van der Waals surface area (Å²) < 4.78 is 0.863. The van der Waals surface area contributed by atoms with E-state index in [0.29, 0.717) is 0 Å². The SMILES string of the molecule is O=[N+]([O-])c1ccc(NCCSc2ccccc2)c(I)c1. The van der Waals surface area contributed by atoms with Crippen LogP contribution in [0.2, 0.25) is 0 Å². The number of non-ortho nitro benzene ring substituents is 1. The van der Waals surface area contributed by atoms with E-state index in [1.54, 1.807) is 23.9 Å². The van der Waals surface area contributed by atoms with E-state index in [1.807, 2.05) is 18.2 Å². The number of nitrogens with one attached hydrogen (secondary N) is 1. The highest BCUT2D eigenvalue weighted by atomic mass is 127. The molecule has 20 heavy (non-hydrogen) atoms. The summed E-state index contributed by atoms with van der Waals surface area (Å²) in [5.74, 6) is 0.942. The van der Waals surface area contributed by atoms with E-state index >= 15 is 0 Å². The van der Waals surface area contributed by atoms with Gasteiger partial charge in [-0.1, -0.05) is 18.2 Å². The zero-order chi connectivity index (χ0) is 14.4. The first-order valence-electron chi connectivity index (χ1n) is 6.02. The van der Waals surface area contributed by atoms with Crippen molar-refractivity contribution in [1.29, 1.82) is 0 Å². The molecule has 0 saturated heterocycles. The van der Waals surface area contributed by atoms with E-state index in [9.17, 15) is 10.1 Å². The Morgan fingerprint density at radius 1 is 1.20 bits per heavy atom. The molecule has 0 radical (unpaired) electrons. The molecule has 4 nitrogen and oxygen atoms in total. The van der Waals surface area contributed by atoms with Crippen LogP contribution in [0.25, 0.3) is 0 Å². The topological polar surface area (TPSA) is 55.2 Å². The molecule has 104 valence electrons. The Morgan fingerprint density at radius 2 is 1.95 bits per heavy atom. The summed E-state index contributed by atoms with van der Waals surface area (Å²) >= 11 is 3.89. The molecule has 2 aromatic carbocycles. The van der Waals surface area contributed by atoms with Crippen molar-refractivity contribution in [3.05, 3.63) is 62.2 Å². The normalized spacial score (nSPS) is 10.2. The average molecular weight is 400 g/mol. The van der Waals surface area contributed by atoms with Crippen molar-refractivity contribution < 1.29 is 4.92 Å². The molecule has 2 aromatic rings. The lowest BCUT2D eigenvalue weighted by molar-refractivity contribution is -0.384. The van der Waals surface area contributed by atoms with Crippen molar-refractivity contribution in [3.8, 4) is 0 Å². The summed E-state index contributed by atoms with van der Waals surface area (Å²) in [5.41, 5.74) is 1.06. The molecule has 0 heterocycles. The number of halogens is 1. The summed E-state index contributed by atoms with van der Waals surface area (Å²) in [4.78, 5) is 11.5. The molecule has 1 N–H and O–H groups in total. The first-order valence-corrected chi connectivity index (χ1v) is 8.09. The van der Waals surface area contributed by atoms with Gasteiger partial charge in [0, 0.05) is 38.6 Å². The zero-order valence-electron chi connectivity index (χ0n) is 10.6. The summed E-state index contributed by atoms with van der Waals surface area (Å²) in [6.45, 7) is 0.813. The predicted molar refractivity (Wildman–Crippen MR) is 91.5 cm³/mol. The molecule has 2 rings (SSSR count). The number of anilines is 1. The molecule has 0 saturated carbocycles. The van der Waals surface area contributed by atoms with Gasteiger partial charge in [-0.2, -0.15) is 0 Å². The van der Waals surface area contributed by atoms with Gasteiger partial charge in [-0.15, -0.1) is 11.8 Å². The van der Waals surface area contributed by atoms with Crippen molar-refractivity contribution in [2.24, 2.45) is 0 Å². The van der Waals surface area contributed by atoms with Crippen molar-refractivity contribution in [1.82, 2.24) is 0 Å². The van der Waals surface area contributed by atoms with Gasteiger partial charge in [-0.05, 0) is 40.8 Å². The number of hydrogen-bond donors (Lipinski definition) is 1. The molecule has 0 amide bonds. The fourth-order valence-electron chi connectivity index (χ4n) is 1.63. The minimum Gasteiger partial charge on any atom is -0.383 e. The summed E-state index contributed by atoms with van der Waals surface area (Å²) in [7, 11) is 0. The second-order valence-corrected chi connectivity index (χ2v) is 6.34. The minimum absolute atomic E-state index is 0.124. The molecule has 0 spiro atoms. The number of rotatable bonds is 6. The van der Waals surface area contributed by atoms with Crippen LogP contribution in [0, 0.1) is 13.7 Å². The van der Waals surface area contributed by atoms with Crippen LogP contribution in [0.1, 0.15) is 0 Å². The highest BCUT2D eigenvalue weighted by molar-refractivity contribution is 14.1. The second kappa shape index (κ2) is 7.49. The van der Waals surface area contributed by atoms with Crippen LogP contribution in [0.4, 0.5) is 11.4 Å². The van der Waals surface area contributed by atoms with Gasteiger partial charge in [0.1, 0.15) is 0 Å². The fraction of sp³-hybridized carbons (Fsp3) is 0.143. The van der Waals surface area contributed by atoms with Gasteiger partial charge in [0.05, 0.1) is 4.92 Å². The monoisotopic (exact) mass is 400 g/mol. The standard InChI is InChI=1S/C14H13IN2O2S/c15-13-10-11(17(18)19)6-7-14(13)16-8-9-20-12-4-2-1-3-5-12/h1-7,10,16H,8-9H2. The molecule has 0 unspecified atom stereocenters. The van der Waals surface area contributed by atoms with Crippen molar-refractivity contribution in [2.75, 3.05) is 17.6 Å². The number of nitrogens with zero attached hydrogens (tertiary/aromatic N) is 1. The van der Waals surface area contributed by atoms with Crippen LogP contribution in [-0.2, 0) is 0 Å². The van der Waals surface area contributed by atoms with E-state index in [2.05, 4.69) is 40.0 Å². The number of nitro groups is 1. The van der Waals surface area contributed by atoms with Crippen LogP contribution in [0.5, 0.6) is 0 Å². The Kier molecular flexibility index (Phi) is 5.66. The molecule has 0 aliphatic carbocycles. The highest BCUT2D eigenvalue weighted by Gasteiger charge is 2.08. The fourth-order valence-corrected chi connectivity index (χ4v) is 3.11. The van der Waals surface area contributed by atoms with Gasteiger partial charge in [0.2, 0.25) is 0 Å². The largest absolute Gasteiger partial charge is 0.383 e. The molecular weight excluding hydrogens is 387 g/mol. The van der Waals surface area contributed by atoms with Gasteiger partial charge in [-0.3, -0.25) is 10.1 Å². The van der Waals surface area contributed by atoms with Crippen LogP contribution in [0.3, 0.4) is 0 Å². The Labute approximate surface area is 135 Å². The van der Waals surface area contributed by atoms with Gasteiger partial charge < -0.3 is 5.32 Å². The maximum absolute atomic E-state index is 10.7. The third-order valence-corrected chi connectivity index (χ3v) is 4.50. The van der Waals surface area contributed by atoms with Crippen molar-refractivity contribution >= 4 is 45.7 Å². The number of benzene rings is 2. The Morgan fingerprint density at radius 3 is 2.60 bits per heavy atom. The van der Waals surface area contributed by atoms with E-state index in [0.717, 1.165) is 21.6 Å². The molecule has 0 fully saturated rings. The number of thioether (sulfide) groups is 1. The predicted octanol–water partition coefficient (Wildman–Crippen LogP) is 4.40. The van der Waals surface area contributed by atoms with Crippen molar-refractivity contribution in [2.45, 2.75) is 4.90 Å². The smallest absolute Gasteiger partial charge is 0.270 e. The Bertz CT molecular complexity index is 593. The van der Waals surface area contributed by atoms with Crippen LogP contribution in [-0.4, -0.2) is 17.2 Å². The molecule has 0 aliphatic heterocycles. The molecule has 0 aliphatic rings. The van der Waals surface area contributed by atoms with Gasteiger partial charge in [0.15, 0.2) is 0 Å². The lowest BCUT2D eigenvalue weighted by Crippen LogP contribution is -2.05.